The smallest absolute Gasteiger partial charge is 0.353 e. The zero-order valence-corrected chi connectivity index (χ0v) is 10.4. The molecule has 0 spiro atoms. The molecule has 0 fully saturated rings. The van der Waals surface area contributed by atoms with Gasteiger partial charge in [0.15, 0.2) is 0 Å². The van der Waals surface area contributed by atoms with Crippen LogP contribution in [0.15, 0.2) is 18.3 Å². The highest BCUT2D eigenvalue weighted by atomic mass is 35.5. The fraction of sp³-hybridized carbons (Fsp3) is 0.200. The van der Waals surface area contributed by atoms with Gasteiger partial charge in [-0.3, -0.25) is 10.1 Å². The van der Waals surface area contributed by atoms with Crippen LogP contribution < -0.4 is 4.74 Å². The van der Waals surface area contributed by atoms with Crippen molar-refractivity contribution in [2.45, 2.75) is 6.92 Å². The molecule has 2 rings (SSSR count). The second kappa shape index (κ2) is 4.61. The molecule has 18 heavy (non-hydrogen) atoms. The van der Waals surface area contributed by atoms with Crippen molar-refractivity contribution in [3.8, 4) is 11.6 Å². The third-order valence-corrected chi connectivity index (χ3v) is 2.46. The van der Waals surface area contributed by atoms with Gasteiger partial charge in [-0.15, -0.1) is 0 Å². The normalized spacial score (nSPS) is 10.4. The molecule has 0 aliphatic heterocycles. The van der Waals surface area contributed by atoms with Crippen LogP contribution in [0.25, 0.3) is 0 Å². The lowest BCUT2D eigenvalue weighted by Gasteiger charge is -2.04. The number of ether oxygens (including phenoxy) is 1. The first-order valence-electron chi connectivity index (χ1n) is 4.96. The van der Waals surface area contributed by atoms with Crippen LogP contribution >= 0.6 is 11.6 Å². The summed E-state index contributed by atoms with van der Waals surface area (Å²) in [5.74, 6) is 0.409. The van der Waals surface area contributed by atoms with E-state index in [-0.39, 0.29) is 11.6 Å². The zero-order valence-electron chi connectivity index (χ0n) is 9.62. The molecule has 0 aliphatic carbocycles. The Labute approximate surface area is 107 Å². The molecule has 0 N–H and O–H groups in total. The molecule has 8 heteroatoms. The van der Waals surface area contributed by atoms with Crippen LogP contribution in [0.1, 0.15) is 5.69 Å². The SMILES string of the molecule is Cc1nn(C)c(Oc2ccc(Cl)nc2)c1[N+](=O)[O-]. The Morgan fingerprint density at radius 2 is 2.22 bits per heavy atom. The number of hydrogen-bond acceptors (Lipinski definition) is 5. The largest absolute Gasteiger partial charge is 0.432 e. The van der Waals surface area contributed by atoms with Gasteiger partial charge in [0.25, 0.3) is 5.88 Å². The zero-order chi connectivity index (χ0) is 13.3. The van der Waals surface area contributed by atoms with Crippen LogP contribution in [-0.4, -0.2) is 19.7 Å². The molecule has 0 atom stereocenters. The van der Waals surface area contributed by atoms with Crippen molar-refractivity contribution in [2.75, 3.05) is 0 Å². The highest BCUT2D eigenvalue weighted by molar-refractivity contribution is 6.29. The molecule has 0 radical (unpaired) electrons. The molecule has 0 unspecified atom stereocenters. The van der Waals surface area contributed by atoms with Gasteiger partial charge in [-0.25, -0.2) is 9.67 Å². The molecule has 2 aromatic rings. The second-order valence-corrected chi connectivity index (χ2v) is 3.93. The lowest BCUT2D eigenvalue weighted by atomic mass is 10.4. The minimum Gasteiger partial charge on any atom is -0.432 e. The van der Waals surface area contributed by atoms with Gasteiger partial charge in [-0.1, -0.05) is 11.6 Å². The maximum atomic E-state index is 10.9. The van der Waals surface area contributed by atoms with E-state index in [9.17, 15) is 10.1 Å². The Morgan fingerprint density at radius 1 is 1.50 bits per heavy atom. The van der Waals surface area contributed by atoms with E-state index in [1.54, 1.807) is 20.0 Å². The van der Waals surface area contributed by atoms with Gasteiger partial charge in [0.2, 0.25) is 0 Å². The standard InChI is InChI=1S/C10H9ClN4O3/c1-6-9(15(16)17)10(14(2)13-6)18-7-3-4-8(11)12-5-7/h3-5H,1-2H3. The van der Waals surface area contributed by atoms with Gasteiger partial charge in [-0.2, -0.15) is 5.10 Å². The van der Waals surface area contributed by atoms with Crippen molar-refractivity contribution in [1.29, 1.82) is 0 Å². The van der Waals surface area contributed by atoms with Crippen molar-refractivity contribution in [1.82, 2.24) is 14.8 Å². The van der Waals surface area contributed by atoms with Crippen molar-refractivity contribution in [2.24, 2.45) is 7.05 Å². The van der Waals surface area contributed by atoms with Crippen molar-refractivity contribution in [3.63, 3.8) is 0 Å². The first-order valence-corrected chi connectivity index (χ1v) is 5.34. The highest BCUT2D eigenvalue weighted by Crippen LogP contribution is 2.33. The molecule has 0 bridgehead atoms. The third-order valence-electron chi connectivity index (χ3n) is 2.24. The van der Waals surface area contributed by atoms with E-state index in [1.165, 1.54) is 16.9 Å². The van der Waals surface area contributed by atoms with Gasteiger partial charge >= 0.3 is 5.69 Å². The van der Waals surface area contributed by atoms with E-state index in [4.69, 9.17) is 16.3 Å². The molecule has 0 aliphatic rings. The quantitative estimate of drug-likeness (QED) is 0.485. The summed E-state index contributed by atoms with van der Waals surface area (Å²) in [6.07, 6.45) is 1.38. The van der Waals surface area contributed by atoms with Gasteiger partial charge in [-0.05, 0) is 19.1 Å². The summed E-state index contributed by atoms with van der Waals surface area (Å²) < 4.78 is 6.72. The number of halogens is 1. The first kappa shape index (κ1) is 12.3. The summed E-state index contributed by atoms with van der Waals surface area (Å²) >= 11 is 5.64. The predicted octanol–water partition coefficient (Wildman–Crippen LogP) is 2.48. The molecule has 0 aromatic carbocycles. The topological polar surface area (TPSA) is 83.1 Å². The fourth-order valence-corrected chi connectivity index (χ4v) is 1.60. The molecule has 0 saturated carbocycles. The third kappa shape index (κ3) is 2.25. The maximum absolute atomic E-state index is 10.9. The Morgan fingerprint density at radius 3 is 2.78 bits per heavy atom. The molecule has 7 nitrogen and oxygen atoms in total. The van der Waals surface area contributed by atoms with Crippen LogP contribution in [0, 0.1) is 17.0 Å². The lowest BCUT2D eigenvalue weighted by Crippen LogP contribution is -1.97. The van der Waals surface area contributed by atoms with Gasteiger partial charge in [0, 0.05) is 7.05 Å². The Kier molecular flexibility index (Phi) is 3.15. The predicted molar refractivity (Wildman–Crippen MR) is 63.9 cm³/mol. The number of nitrogens with zero attached hydrogens (tertiary/aromatic N) is 4. The Balaban J connectivity index is 2.39. The lowest BCUT2D eigenvalue weighted by molar-refractivity contribution is -0.386. The summed E-state index contributed by atoms with van der Waals surface area (Å²) in [4.78, 5) is 14.2. The van der Waals surface area contributed by atoms with E-state index in [0.29, 0.717) is 16.6 Å². The summed E-state index contributed by atoms with van der Waals surface area (Å²) in [7, 11) is 1.57. The number of nitro groups is 1. The number of hydrogen-bond donors (Lipinski definition) is 0. The van der Waals surface area contributed by atoms with E-state index in [2.05, 4.69) is 10.1 Å². The molecule has 0 saturated heterocycles. The van der Waals surface area contributed by atoms with Crippen molar-refractivity contribution in [3.05, 3.63) is 39.3 Å². The van der Waals surface area contributed by atoms with Crippen LogP contribution in [0.2, 0.25) is 5.15 Å². The first-order chi connectivity index (χ1) is 8.49. The van der Waals surface area contributed by atoms with E-state index in [1.807, 2.05) is 0 Å². The van der Waals surface area contributed by atoms with Crippen LogP contribution in [0.3, 0.4) is 0 Å². The average molecular weight is 269 g/mol. The summed E-state index contributed by atoms with van der Waals surface area (Å²) in [6.45, 7) is 1.55. The molecular weight excluding hydrogens is 260 g/mol. The summed E-state index contributed by atoms with van der Waals surface area (Å²) in [5.41, 5.74) is 0.131. The van der Waals surface area contributed by atoms with Gasteiger partial charge < -0.3 is 4.74 Å². The fourth-order valence-electron chi connectivity index (χ4n) is 1.48. The monoisotopic (exact) mass is 268 g/mol. The van der Waals surface area contributed by atoms with E-state index in [0.717, 1.165) is 0 Å². The molecule has 94 valence electrons. The molecular formula is C10H9ClN4O3. The Hall–Kier alpha value is -2.15. The van der Waals surface area contributed by atoms with Crippen molar-refractivity contribution >= 4 is 17.3 Å². The van der Waals surface area contributed by atoms with Crippen LogP contribution in [-0.2, 0) is 7.05 Å². The second-order valence-electron chi connectivity index (χ2n) is 3.54. The van der Waals surface area contributed by atoms with Crippen molar-refractivity contribution < 1.29 is 9.66 Å². The highest BCUT2D eigenvalue weighted by Gasteiger charge is 2.26. The number of pyridine rings is 1. The van der Waals surface area contributed by atoms with Crippen LogP contribution in [0.5, 0.6) is 11.6 Å². The number of rotatable bonds is 3. The summed E-state index contributed by atoms with van der Waals surface area (Å²) in [6, 6.07) is 3.10. The average Bonchev–Trinajstić information content (AvgIpc) is 2.57. The van der Waals surface area contributed by atoms with Crippen LogP contribution in [0.4, 0.5) is 5.69 Å². The minimum atomic E-state index is -0.527. The molecule has 2 heterocycles. The Bertz CT molecular complexity index is 594. The maximum Gasteiger partial charge on any atom is 0.353 e. The number of aryl methyl sites for hydroxylation is 2. The molecule has 0 amide bonds. The summed E-state index contributed by atoms with van der Waals surface area (Å²) in [5, 5.41) is 15.2. The van der Waals surface area contributed by atoms with E-state index < -0.39 is 4.92 Å². The minimum absolute atomic E-state index is 0.0571. The molecule has 2 aromatic heterocycles. The van der Waals surface area contributed by atoms with Gasteiger partial charge in [0.05, 0.1) is 11.1 Å². The van der Waals surface area contributed by atoms with E-state index >= 15 is 0 Å². The van der Waals surface area contributed by atoms with Gasteiger partial charge in [0.1, 0.15) is 16.6 Å². The number of aromatic nitrogens is 3.